The number of amides is 1. The van der Waals surface area contributed by atoms with E-state index in [0.717, 1.165) is 59.9 Å². The number of rotatable bonds is 3. The average Bonchev–Trinajstić information content (AvgIpc) is 3.38. The molecule has 3 heterocycles. The predicted octanol–water partition coefficient (Wildman–Crippen LogP) is 3.90. The molecule has 0 radical (unpaired) electrons. The minimum atomic E-state index is -0.0991. The van der Waals surface area contributed by atoms with Crippen molar-refractivity contribution in [2.75, 3.05) is 11.9 Å². The van der Waals surface area contributed by atoms with Crippen LogP contribution in [0, 0.1) is 0 Å². The molecule has 1 amide bonds. The lowest BCUT2D eigenvalue weighted by Crippen LogP contribution is -2.07. The van der Waals surface area contributed by atoms with Gasteiger partial charge in [0.1, 0.15) is 6.10 Å². The number of fused-ring (bicyclic) bond motifs is 3. The van der Waals surface area contributed by atoms with Gasteiger partial charge in [-0.2, -0.15) is 5.10 Å². The number of anilines is 1. The maximum absolute atomic E-state index is 11.5. The van der Waals surface area contributed by atoms with Crippen LogP contribution in [0.2, 0.25) is 0 Å². The van der Waals surface area contributed by atoms with E-state index in [1.807, 2.05) is 22.9 Å². The van der Waals surface area contributed by atoms with E-state index in [4.69, 9.17) is 9.84 Å². The first-order chi connectivity index (χ1) is 13.2. The van der Waals surface area contributed by atoms with Gasteiger partial charge < -0.3 is 10.1 Å². The Morgan fingerprint density at radius 3 is 2.89 bits per heavy atom. The molecule has 1 unspecified atom stereocenters. The Balaban J connectivity index is 1.69. The third kappa shape index (κ3) is 2.87. The van der Waals surface area contributed by atoms with Gasteiger partial charge in [0.15, 0.2) is 5.13 Å². The molecule has 0 saturated carbocycles. The third-order valence-electron chi connectivity index (χ3n) is 5.06. The molecule has 5 rings (SSSR count). The second-order valence-electron chi connectivity index (χ2n) is 6.94. The number of hydrogen-bond acceptors (Lipinski definition) is 5. The van der Waals surface area contributed by atoms with Crippen LogP contribution in [0.3, 0.4) is 0 Å². The fraction of sp³-hybridized carbons (Fsp3) is 0.350. The highest BCUT2D eigenvalue weighted by atomic mass is 32.1. The van der Waals surface area contributed by atoms with E-state index in [2.05, 4.69) is 22.4 Å². The third-order valence-corrected chi connectivity index (χ3v) is 6.08. The normalized spacial score (nSPS) is 18.2. The van der Waals surface area contributed by atoms with Crippen molar-refractivity contribution in [2.45, 2.75) is 38.7 Å². The van der Waals surface area contributed by atoms with Crippen LogP contribution >= 0.6 is 11.3 Å². The minimum absolute atomic E-state index is 0.0769. The summed E-state index contributed by atoms with van der Waals surface area (Å²) in [5.74, 6) is -0.0991. The van der Waals surface area contributed by atoms with Crippen molar-refractivity contribution in [2.24, 2.45) is 0 Å². The number of ether oxygens (including phenoxy) is 1. The summed E-state index contributed by atoms with van der Waals surface area (Å²) < 4.78 is 7.98. The highest BCUT2D eigenvalue weighted by molar-refractivity contribution is 7.19. The number of aryl methyl sites for hydroxylation is 1. The number of nitrogens with one attached hydrogen (secondary N) is 1. The number of thiazole rings is 1. The van der Waals surface area contributed by atoms with Gasteiger partial charge in [-0.1, -0.05) is 29.5 Å². The van der Waals surface area contributed by atoms with Crippen LogP contribution in [-0.4, -0.2) is 27.3 Å². The van der Waals surface area contributed by atoms with Crippen LogP contribution in [0.15, 0.2) is 30.3 Å². The zero-order valence-electron chi connectivity index (χ0n) is 15.1. The Labute approximate surface area is 161 Å². The Kier molecular flexibility index (Phi) is 4.06. The van der Waals surface area contributed by atoms with Crippen molar-refractivity contribution in [1.82, 2.24) is 14.8 Å². The molecule has 1 saturated heterocycles. The summed E-state index contributed by atoms with van der Waals surface area (Å²) in [6.07, 6.45) is 3.93. The first-order valence-electron chi connectivity index (χ1n) is 9.27. The standard InChI is InChI=1S/C20H20N4O2S/c1-12(25)21-20-22-15-10-9-14-17(16-8-5-11-26-16)23-24(18(14)19(15)27-20)13-6-3-2-4-7-13/h2-4,6-7,16H,5,8-11H2,1H3,(H,21,22,25). The number of hydrogen-bond donors (Lipinski definition) is 1. The fourth-order valence-electron chi connectivity index (χ4n) is 3.91. The molecule has 3 aromatic rings. The second-order valence-corrected chi connectivity index (χ2v) is 7.94. The maximum Gasteiger partial charge on any atom is 0.223 e. The van der Waals surface area contributed by atoms with Crippen molar-refractivity contribution in [1.29, 1.82) is 0 Å². The lowest BCUT2D eigenvalue weighted by molar-refractivity contribution is -0.114. The van der Waals surface area contributed by atoms with Crippen LogP contribution in [-0.2, 0) is 22.4 Å². The maximum atomic E-state index is 11.5. The summed E-state index contributed by atoms with van der Waals surface area (Å²) in [4.78, 5) is 17.2. The van der Waals surface area contributed by atoms with E-state index in [1.165, 1.54) is 23.8 Å². The van der Waals surface area contributed by atoms with E-state index in [-0.39, 0.29) is 12.0 Å². The number of carbonyl (C=O) groups excluding carboxylic acids is 1. The van der Waals surface area contributed by atoms with Crippen molar-refractivity contribution in [3.63, 3.8) is 0 Å². The van der Waals surface area contributed by atoms with E-state index in [9.17, 15) is 4.79 Å². The summed E-state index contributed by atoms with van der Waals surface area (Å²) in [6.45, 7) is 2.31. The number of nitrogens with zero attached hydrogens (tertiary/aromatic N) is 3. The lowest BCUT2D eigenvalue weighted by atomic mass is 9.95. The Morgan fingerprint density at radius 2 is 2.15 bits per heavy atom. The largest absolute Gasteiger partial charge is 0.372 e. The molecule has 1 fully saturated rings. The number of benzene rings is 1. The van der Waals surface area contributed by atoms with Crippen LogP contribution in [0.4, 0.5) is 5.13 Å². The van der Waals surface area contributed by atoms with Crippen molar-refractivity contribution in [3.05, 3.63) is 47.3 Å². The Bertz CT molecular complexity index is 1000. The molecule has 6 nitrogen and oxygen atoms in total. The zero-order chi connectivity index (χ0) is 18.4. The Hall–Kier alpha value is -2.51. The van der Waals surface area contributed by atoms with Crippen molar-refractivity contribution >= 4 is 22.4 Å². The summed E-state index contributed by atoms with van der Waals surface area (Å²) >= 11 is 1.53. The van der Waals surface area contributed by atoms with Gasteiger partial charge in [0.25, 0.3) is 0 Å². The molecule has 1 aliphatic heterocycles. The van der Waals surface area contributed by atoms with E-state index >= 15 is 0 Å². The zero-order valence-corrected chi connectivity index (χ0v) is 15.9. The lowest BCUT2D eigenvalue weighted by Gasteiger charge is -2.15. The molecule has 0 bridgehead atoms. The molecule has 2 aromatic heterocycles. The molecule has 2 aliphatic rings. The minimum Gasteiger partial charge on any atom is -0.372 e. The smallest absolute Gasteiger partial charge is 0.223 e. The SMILES string of the molecule is CC(=O)Nc1nc2c(s1)-c1c(c(C3CCCO3)nn1-c1ccccc1)CC2. The summed E-state index contributed by atoms with van der Waals surface area (Å²) in [5.41, 5.74) is 5.48. The molecule has 138 valence electrons. The summed E-state index contributed by atoms with van der Waals surface area (Å²) in [7, 11) is 0. The highest BCUT2D eigenvalue weighted by Gasteiger charge is 2.33. The average molecular weight is 380 g/mol. The molecule has 27 heavy (non-hydrogen) atoms. The van der Waals surface area contributed by atoms with E-state index < -0.39 is 0 Å². The van der Waals surface area contributed by atoms with E-state index in [1.54, 1.807) is 0 Å². The van der Waals surface area contributed by atoms with Crippen LogP contribution < -0.4 is 5.32 Å². The van der Waals surface area contributed by atoms with Gasteiger partial charge in [-0.15, -0.1) is 0 Å². The number of para-hydroxylation sites is 1. The molecule has 1 atom stereocenters. The van der Waals surface area contributed by atoms with Gasteiger partial charge in [0, 0.05) is 19.1 Å². The van der Waals surface area contributed by atoms with Gasteiger partial charge in [0.2, 0.25) is 5.91 Å². The molecular weight excluding hydrogens is 360 g/mol. The summed E-state index contributed by atoms with van der Waals surface area (Å²) in [5, 5.41) is 8.48. The molecule has 0 spiro atoms. The topological polar surface area (TPSA) is 69.0 Å². The molecule has 1 aromatic carbocycles. The highest BCUT2D eigenvalue weighted by Crippen LogP contribution is 2.44. The number of carbonyl (C=O) groups is 1. The van der Waals surface area contributed by atoms with E-state index in [0.29, 0.717) is 5.13 Å². The second kappa shape index (κ2) is 6.58. The van der Waals surface area contributed by atoms with Gasteiger partial charge in [-0.25, -0.2) is 9.67 Å². The molecular formula is C20H20N4O2S. The van der Waals surface area contributed by atoms with Gasteiger partial charge in [-0.05, 0) is 37.8 Å². The molecule has 1 aliphatic carbocycles. The van der Waals surface area contributed by atoms with Crippen molar-refractivity contribution < 1.29 is 9.53 Å². The molecule has 1 N–H and O–H groups in total. The quantitative estimate of drug-likeness (QED) is 0.748. The van der Waals surface area contributed by atoms with Crippen LogP contribution in [0.1, 0.15) is 42.8 Å². The van der Waals surface area contributed by atoms with Gasteiger partial charge in [0.05, 0.1) is 27.6 Å². The monoisotopic (exact) mass is 380 g/mol. The number of aromatic nitrogens is 3. The Morgan fingerprint density at radius 1 is 1.30 bits per heavy atom. The summed E-state index contributed by atoms with van der Waals surface area (Å²) in [6, 6.07) is 10.2. The first-order valence-corrected chi connectivity index (χ1v) is 10.1. The van der Waals surface area contributed by atoms with Gasteiger partial charge in [-0.3, -0.25) is 4.79 Å². The van der Waals surface area contributed by atoms with Crippen LogP contribution in [0.5, 0.6) is 0 Å². The first kappa shape index (κ1) is 16.6. The predicted molar refractivity (Wildman–Crippen MR) is 104 cm³/mol. The van der Waals surface area contributed by atoms with Crippen molar-refractivity contribution in [3.8, 4) is 16.3 Å². The van der Waals surface area contributed by atoms with Crippen LogP contribution in [0.25, 0.3) is 16.3 Å². The van der Waals surface area contributed by atoms with Gasteiger partial charge >= 0.3 is 0 Å². The molecule has 7 heteroatoms. The fourth-order valence-corrected chi connectivity index (χ4v) is 5.02.